The molecule has 0 aromatic heterocycles. The maximum atomic E-state index is 12.6. The quantitative estimate of drug-likeness (QED) is 0.736. The molecule has 92 valence electrons. The summed E-state index contributed by atoms with van der Waals surface area (Å²) in [5, 5.41) is 3.34. The molecule has 2 aliphatic rings. The van der Waals surface area contributed by atoms with Crippen LogP contribution in [-0.4, -0.2) is 36.5 Å². The molecule has 16 heavy (non-hydrogen) atoms. The van der Waals surface area contributed by atoms with E-state index in [9.17, 15) is 4.79 Å². The second kappa shape index (κ2) is 4.74. The van der Waals surface area contributed by atoms with E-state index in [1.807, 2.05) is 0 Å². The van der Waals surface area contributed by atoms with E-state index in [-0.39, 0.29) is 5.41 Å². The molecule has 3 heteroatoms. The third-order valence-electron chi connectivity index (χ3n) is 4.24. The molecule has 1 aliphatic heterocycles. The molecule has 0 aromatic rings. The summed E-state index contributed by atoms with van der Waals surface area (Å²) in [6, 6.07) is 0.361. The highest BCUT2D eigenvalue weighted by Gasteiger charge is 2.39. The second-order valence-corrected chi connectivity index (χ2v) is 5.67. The molecular weight excluding hydrogens is 200 g/mol. The van der Waals surface area contributed by atoms with Crippen LogP contribution in [0.5, 0.6) is 0 Å². The van der Waals surface area contributed by atoms with Gasteiger partial charge in [-0.15, -0.1) is 0 Å². The smallest absolute Gasteiger partial charge is 0.228 e. The van der Waals surface area contributed by atoms with Crippen LogP contribution in [-0.2, 0) is 4.79 Å². The number of nitrogens with one attached hydrogen (secondary N) is 1. The number of piperazine rings is 1. The Morgan fingerprint density at radius 3 is 2.62 bits per heavy atom. The van der Waals surface area contributed by atoms with Crippen molar-refractivity contribution in [3.05, 3.63) is 0 Å². The zero-order valence-corrected chi connectivity index (χ0v) is 10.6. The minimum Gasteiger partial charge on any atom is -0.337 e. The first-order valence-corrected chi connectivity index (χ1v) is 6.65. The van der Waals surface area contributed by atoms with E-state index in [4.69, 9.17) is 0 Å². The van der Waals surface area contributed by atoms with Crippen LogP contribution in [0.2, 0.25) is 0 Å². The summed E-state index contributed by atoms with van der Waals surface area (Å²) in [4.78, 5) is 14.7. The van der Waals surface area contributed by atoms with Gasteiger partial charge in [-0.05, 0) is 19.8 Å². The van der Waals surface area contributed by atoms with Gasteiger partial charge in [0.2, 0.25) is 5.91 Å². The number of amides is 1. The topological polar surface area (TPSA) is 32.3 Å². The Balaban J connectivity index is 2.04. The highest BCUT2D eigenvalue weighted by molar-refractivity contribution is 5.82. The Bertz CT molecular complexity index is 259. The van der Waals surface area contributed by atoms with E-state index in [0.717, 1.165) is 32.5 Å². The van der Waals surface area contributed by atoms with Gasteiger partial charge in [0.05, 0.1) is 0 Å². The van der Waals surface area contributed by atoms with Gasteiger partial charge < -0.3 is 10.2 Å². The minimum atomic E-state index is -0.0656. The largest absolute Gasteiger partial charge is 0.337 e. The van der Waals surface area contributed by atoms with Crippen LogP contribution in [0, 0.1) is 5.41 Å². The molecular formula is C13H24N2O. The van der Waals surface area contributed by atoms with Crippen molar-refractivity contribution in [2.24, 2.45) is 5.41 Å². The van der Waals surface area contributed by atoms with Gasteiger partial charge in [0, 0.05) is 31.1 Å². The van der Waals surface area contributed by atoms with E-state index < -0.39 is 0 Å². The number of hydrogen-bond acceptors (Lipinski definition) is 2. The Morgan fingerprint density at radius 1 is 1.31 bits per heavy atom. The Kier molecular flexibility index (Phi) is 3.53. The molecule has 0 bridgehead atoms. The van der Waals surface area contributed by atoms with Gasteiger partial charge in [-0.25, -0.2) is 0 Å². The molecule has 2 rings (SSSR count). The summed E-state index contributed by atoms with van der Waals surface area (Å²) in [6.07, 6.45) is 5.93. The number of carbonyl (C=O) groups excluding carboxylic acids is 1. The summed E-state index contributed by atoms with van der Waals surface area (Å²) in [5.41, 5.74) is -0.0656. The predicted molar refractivity (Wildman–Crippen MR) is 65.2 cm³/mol. The molecule has 1 saturated carbocycles. The average Bonchev–Trinajstić information content (AvgIpc) is 2.30. The van der Waals surface area contributed by atoms with Crippen molar-refractivity contribution >= 4 is 5.91 Å². The van der Waals surface area contributed by atoms with Crippen molar-refractivity contribution in [3.8, 4) is 0 Å². The lowest BCUT2D eigenvalue weighted by Gasteiger charge is -2.42. The molecule has 3 nitrogen and oxygen atoms in total. The summed E-state index contributed by atoms with van der Waals surface area (Å²) in [6.45, 7) is 7.10. The van der Waals surface area contributed by atoms with Crippen molar-refractivity contribution in [1.82, 2.24) is 10.2 Å². The third kappa shape index (κ3) is 2.24. The first-order chi connectivity index (χ1) is 7.63. The molecule has 2 fully saturated rings. The summed E-state index contributed by atoms with van der Waals surface area (Å²) >= 11 is 0. The second-order valence-electron chi connectivity index (χ2n) is 5.67. The SMILES string of the molecule is C[C@H]1CNCCN1C(=O)C1(C)CCCCC1. The standard InChI is InChI=1S/C13H24N2O/c1-11-10-14-8-9-15(11)12(16)13(2)6-4-3-5-7-13/h11,14H,3-10H2,1-2H3/t11-/m0/s1. The lowest BCUT2D eigenvalue weighted by atomic mass is 9.74. The van der Waals surface area contributed by atoms with Crippen LogP contribution in [0.4, 0.5) is 0 Å². The van der Waals surface area contributed by atoms with Gasteiger partial charge >= 0.3 is 0 Å². The normalized spacial score (nSPS) is 30.1. The fraction of sp³-hybridized carbons (Fsp3) is 0.923. The maximum Gasteiger partial charge on any atom is 0.228 e. The molecule has 0 radical (unpaired) electrons. The molecule has 1 N–H and O–H groups in total. The third-order valence-corrected chi connectivity index (χ3v) is 4.24. The van der Waals surface area contributed by atoms with Gasteiger partial charge in [0.1, 0.15) is 0 Å². The molecule has 1 saturated heterocycles. The van der Waals surface area contributed by atoms with E-state index in [0.29, 0.717) is 11.9 Å². The van der Waals surface area contributed by atoms with Crippen molar-refractivity contribution < 1.29 is 4.79 Å². The first-order valence-electron chi connectivity index (χ1n) is 6.65. The first kappa shape index (κ1) is 11.9. The summed E-state index contributed by atoms with van der Waals surface area (Å²) in [7, 11) is 0. The van der Waals surface area contributed by atoms with Crippen LogP contribution < -0.4 is 5.32 Å². The van der Waals surface area contributed by atoms with Crippen molar-refractivity contribution in [3.63, 3.8) is 0 Å². The number of nitrogens with zero attached hydrogens (tertiary/aromatic N) is 1. The van der Waals surface area contributed by atoms with E-state index >= 15 is 0 Å². The van der Waals surface area contributed by atoms with Crippen LogP contribution in [0.3, 0.4) is 0 Å². The van der Waals surface area contributed by atoms with Gasteiger partial charge in [0.15, 0.2) is 0 Å². The molecule has 1 atom stereocenters. The fourth-order valence-electron chi connectivity index (χ4n) is 3.04. The van der Waals surface area contributed by atoms with Gasteiger partial charge in [0.25, 0.3) is 0 Å². The molecule has 0 unspecified atom stereocenters. The molecule has 1 aliphatic carbocycles. The average molecular weight is 224 g/mol. The number of rotatable bonds is 1. The highest BCUT2D eigenvalue weighted by atomic mass is 16.2. The number of carbonyl (C=O) groups is 1. The summed E-state index contributed by atoms with van der Waals surface area (Å²) < 4.78 is 0. The van der Waals surface area contributed by atoms with Gasteiger partial charge in [-0.1, -0.05) is 26.2 Å². The number of hydrogen-bond donors (Lipinski definition) is 1. The molecule has 1 amide bonds. The lowest BCUT2D eigenvalue weighted by molar-refractivity contribution is -0.146. The lowest BCUT2D eigenvalue weighted by Crippen LogP contribution is -2.56. The van der Waals surface area contributed by atoms with Crippen LogP contribution in [0.15, 0.2) is 0 Å². The van der Waals surface area contributed by atoms with Crippen LogP contribution in [0.25, 0.3) is 0 Å². The van der Waals surface area contributed by atoms with Crippen molar-refractivity contribution in [1.29, 1.82) is 0 Å². The van der Waals surface area contributed by atoms with Gasteiger partial charge in [-0.2, -0.15) is 0 Å². The molecule has 1 heterocycles. The summed E-state index contributed by atoms with van der Waals surface area (Å²) in [5.74, 6) is 0.404. The van der Waals surface area contributed by atoms with E-state index in [1.165, 1.54) is 19.3 Å². The predicted octanol–water partition coefficient (Wildman–Crippen LogP) is 1.78. The zero-order chi connectivity index (χ0) is 11.6. The molecule has 0 aromatic carbocycles. The zero-order valence-electron chi connectivity index (χ0n) is 10.6. The minimum absolute atomic E-state index is 0.0656. The van der Waals surface area contributed by atoms with E-state index in [1.54, 1.807) is 0 Å². The monoisotopic (exact) mass is 224 g/mol. The maximum absolute atomic E-state index is 12.6. The fourth-order valence-corrected chi connectivity index (χ4v) is 3.04. The highest BCUT2D eigenvalue weighted by Crippen LogP contribution is 2.37. The van der Waals surface area contributed by atoms with Crippen LogP contribution in [0.1, 0.15) is 46.0 Å². The van der Waals surface area contributed by atoms with E-state index in [2.05, 4.69) is 24.1 Å². The van der Waals surface area contributed by atoms with Crippen molar-refractivity contribution in [2.75, 3.05) is 19.6 Å². The van der Waals surface area contributed by atoms with Crippen LogP contribution >= 0.6 is 0 Å². The Labute approximate surface area is 98.6 Å². The van der Waals surface area contributed by atoms with Crippen molar-refractivity contribution in [2.45, 2.75) is 52.0 Å². The Hall–Kier alpha value is -0.570. The molecule has 0 spiro atoms. The van der Waals surface area contributed by atoms with Gasteiger partial charge in [-0.3, -0.25) is 4.79 Å². The Morgan fingerprint density at radius 2 is 2.00 bits per heavy atom.